The summed E-state index contributed by atoms with van der Waals surface area (Å²) < 4.78 is 2.10. The lowest BCUT2D eigenvalue weighted by Crippen LogP contribution is -2.42. The SMILES string of the molecule is Cn1ccnc1CN1CCCC(Nc2ccc3[nH]ncc3c2)C1. The predicted molar refractivity (Wildman–Crippen MR) is 91.2 cm³/mol. The molecular formula is C17H22N6. The molecule has 0 saturated carbocycles. The summed E-state index contributed by atoms with van der Waals surface area (Å²) in [5.74, 6) is 1.13. The number of benzene rings is 1. The average molecular weight is 310 g/mol. The van der Waals surface area contributed by atoms with E-state index in [1.807, 2.05) is 18.6 Å². The van der Waals surface area contributed by atoms with Crippen LogP contribution in [0.4, 0.5) is 5.69 Å². The Bertz CT molecular complexity index is 789. The van der Waals surface area contributed by atoms with E-state index in [1.165, 1.54) is 18.5 Å². The van der Waals surface area contributed by atoms with Gasteiger partial charge in [0.2, 0.25) is 0 Å². The highest BCUT2D eigenvalue weighted by Crippen LogP contribution is 2.21. The van der Waals surface area contributed by atoms with Gasteiger partial charge in [-0.1, -0.05) is 0 Å². The fourth-order valence-corrected chi connectivity index (χ4v) is 3.33. The second kappa shape index (κ2) is 6.04. The topological polar surface area (TPSA) is 61.8 Å². The van der Waals surface area contributed by atoms with E-state index in [4.69, 9.17) is 0 Å². The van der Waals surface area contributed by atoms with Crippen molar-refractivity contribution in [2.24, 2.45) is 7.05 Å². The quantitative estimate of drug-likeness (QED) is 0.776. The van der Waals surface area contributed by atoms with Crippen molar-refractivity contribution in [2.75, 3.05) is 18.4 Å². The van der Waals surface area contributed by atoms with Crippen molar-refractivity contribution in [1.29, 1.82) is 0 Å². The lowest BCUT2D eigenvalue weighted by molar-refractivity contribution is 0.202. The van der Waals surface area contributed by atoms with Crippen LogP contribution in [0.1, 0.15) is 18.7 Å². The van der Waals surface area contributed by atoms with Crippen LogP contribution in [-0.2, 0) is 13.6 Å². The smallest absolute Gasteiger partial charge is 0.122 e. The molecule has 0 amide bonds. The fraction of sp³-hybridized carbons (Fsp3) is 0.412. The number of nitrogens with one attached hydrogen (secondary N) is 2. The molecule has 4 rings (SSSR count). The third-order valence-electron chi connectivity index (χ3n) is 4.60. The van der Waals surface area contributed by atoms with E-state index in [9.17, 15) is 0 Å². The Kier molecular flexibility index (Phi) is 3.75. The van der Waals surface area contributed by atoms with Gasteiger partial charge in [-0.25, -0.2) is 4.98 Å². The highest BCUT2D eigenvalue weighted by Gasteiger charge is 2.20. The van der Waals surface area contributed by atoms with Crippen LogP contribution >= 0.6 is 0 Å². The Balaban J connectivity index is 1.41. The monoisotopic (exact) mass is 310 g/mol. The molecule has 2 aromatic heterocycles. The van der Waals surface area contributed by atoms with E-state index in [2.05, 4.69) is 55.2 Å². The van der Waals surface area contributed by atoms with Gasteiger partial charge in [0.15, 0.2) is 0 Å². The molecule has 1 unspecified atom stereocenters. The first-order valence-electron chi connectivity index (χ1n) is 8.16. The molecule has 0 radical (unpaired) electrons. The molecule has 0 spiro atoms. The molecule has 23 heavy (non-hydrogen) atoms. The number of hydrogen-bond donors (Lipinski definition) is 2. The number of aromatic amines is 1. The van der Waals surface area contributed by atoms with E-state index in [0.29, 0.717) is 6.04 Å². The summed E-state index contributed by atoms with van der Waals surface area (Å²) in [5.41, 5.74) is 2.25. The van der Waals surface area contributed by atoms with Gasteiger partial charge in [-0.05, 0) is 37.6 Å². The van der Waals surface area contributed by atoms with Crippen LogP contribution in [0.2, 0.25) is 0 Å². The molecule has 1 aliphatic rings. The normalized spacial score (nSPS) is 19.3. The first kappa shape index (κ1) is 14.3. The maximum Gasteiger partial charge on any atom is 0.122 e. The molecule has 3 aromatic rings. The van der Waals surface area contributed by atoms with Crippen LogP contribution in [0.15, 0.2) is 36.8 Å². The molecule has 1 atom stereocenters. The minimum Gasteiger partial charge on any atom is -0.381 e. The van der Waals surface area contributed by atoms with Gasteiger partial charge in [-0.15, -0.1) is 0 Å². The Hall–Kier alpha value is -2.34. The maximum absolute atomic E-state index is 4.44. The fourth-order valence-electron chi connectivity index (χ4n) is 3.33. The Morgan fingerprint density at radius 1 is 1.39 bits per heavy atom. The number of hydrogen-bond acceptors (Lipinski definition) is 4. The summed E-state index contributed by atoms with van der Waals surface area (Å²) in [4.78, 5) is 6.92. The Morgan fingerprint density at radius 2 is 2.35 bits per heavy atom. The zero-order valence-electron chi connectivity index (χ0n) is 13.4. The number of imidazole rings is 1. The number of H-pyrrole nitrogens is 1. The van der Waals surface area contributed by atoms with Crippen LogP contribution in [-0.4, -0.2) is 43.8 Å². The van der Waals surface area contributed by atoms with E-state index in [1.54, 1.807) is 0 Å². The zero-order chi connectivity index (χ0) is 15.6. The third kappa shape index (κ3) is 3.07. The number of anilines is 1. The zero-order valence-corrected chi connectivity index (χ0v) is 13.4. The van der Waals surface area contributed by atoms with Crippen LogP contribution in [0.25, 0.3) is 10.9 Å². The van der Waals surface area contributed by atoms with Gasteiger partial charge in [-0.2, -0.15) is 5.10 Å². The number of likely N-dealkylation sites (tertiary alicyclic amines) is 1. The average Bonchev–Trinajstić information content (AvgIpc) is 3.17. The second-order valence-corrected chi connectivity index (χ2v) is 6.35. The first-order chi connectivity index (χ1) is 11.3. The molecule has 0 aliphatic carbocycles. The maximum atomic E-state index is 4.44. The standard InChI is InChI=1S/C17H22N6/c1-22-8-6-18-17(22)12-23-7-2-3-15(11-23)20-14-4-5-16-13(9-14)10-19-21-16/h4-6,8-10,15,20H,2-3,7,11-12H2,1H3,(H,19,21). The lowest BCUT2D eigenvalue weighted by Gasteiger charge is -2.33. The lowest BCUT2D eigenvalue weighted by atomic mass is 10.0. The van der Waals surface area contributed by atoms with Crippen molar-refractivity contribution in [2.45, 2.75) is 25.4 Å². The number of aryl methyl sites for hydroxylation is 1. The minimum atomic E-state index is 0.480. The third-order valence-corrected chi connectivity index (χ3v) is 4.60. The number of rotatable bonds is 4. The molecule has 6 heteroatoms. The van der Waals surface area contributed by atoms with Gasteiger partial charge in [0.05, 0.1) is 18.3 Å². The summed E-state index contributed by atoms with van der Waals surface area (Å²) in [6, 6.07) is 6.85. The van der Waals surface area contributed by atoms with Crippen molar-refractivity contribution in [3.63, 3.8) is 0 Å². The van der Waals surface area contributed by atoms with Gasteiger partial charge in [0.1, 0.15) is 5.82 Å². The predicted octanol–water partition coefficient (Wildman–Crippen LogP) is 2.37. The Morgan fingerprint density at radius 3 is 3.22 bits per heavy atom. The molecule has 6 nitrogen and oxygen atoms in total. The molecule has 120 valence electrons. The number of fused-ring (bicyclic) bond motifs is 1. The van der Waals surface area contributed by atoms with Crippen LogP contribution in [0.5, 0.6) is 0 Å². The van der Waals surface area contributed by atoms with Crippen LogP contribution in [0.3, 0.4) is 0 Å². The molecule has 3 heterocycles. The van der Waals surface area contributed by atoms with Gasteiger partial charge in [0, 0.05) is 43.1 Å². The van der Waals surface area contributed by atoms with Gasteiger partial charge < -0.3 is 9.88 Å². The number of aromatic nitrogens is 4. The highest BCUT2D eigenvalue weighted by atomic mass is 15.2. The van der Waals surface area contributed by atoms with Gasteiger partial charge in [0.25, 0.3) is 0 Å². The van der Waals surface area contributed by atoms with Gasteiger partial charge >= 0.3 is 0 Å². The van der Waals surface area contributed by atoms with Crippen LogP contribution < -0.4 is 5.32 Å². The van der Waals surface area contributed by atoms with Crippen LogP contribution in [0, 0.1) is 0 Å². The summed E-state index contributed by atoms with van der Waals surface area (Å²) in [7, 11) is 2.06. The summed E-state index contributed by atoms with van der Waals surface area (Å²) in [6.07, 6.45) is 8.18. The Labute approximate surface area is 135 Å². The van der Waals surface area contributed by atoms with E-state index < -0.39 is 0 Å². The van der Waals surface area contributed by atoms with Crippen molar-refractivity contribution >= 4 is 16.6 Å². The largest absolute Gasteiger partial charge is 0.381 e. The first-order valence-corrected chi connectivity index (χ1v) is 8.16. The summed E-state index contributed by atoms with van der Waals surface area (Å²) in [5, 5.41) is 11.9. The summed E-state index contributed by atoms with van der Waals surface area (Å²) >= 11 is 0. The van der Waals surface area contributed by atoms with Crippen molar-refractivity contribution in [3.05, 3.63) is 42.6 Å². The van der Waals surface area contributed by atoms with E-state index in [0.717, 1.165) is 36.4 Å². The molecule has 2 N–H and O–H groups in total. The molecule has 1 aromatic carbocycles. The molecule has 1 aliphatic heterocycles. The van der Waals surface area contributed by atoms with Crippen molar-refractivity contribution < 1.29 is 0 Å². The molecule has 1 fully saturated rings. The number of nitrogens with zero attached hydrogens (tertiary/aromatic N) is 4. The van der Waals surface area contributed by atoms with Crippen molar-refractivity contribution in [3.8, 4) is 0 Å². The molecule has 0 bridgehead atoms. The summed E-state index contributed by atoms with van der Waals surface area (Å²) in [6.45, 7) is 3.12. The second-order valence-electron chi connectivity index (χ2n) is 6.35. The minimum absolute atomic E-state index is 0.480. The highest BCUT2D eigenvalue weighted by molar-refractivity contribution is 5.81. The number of piperidine rings is 1. The van der Waals surface area contributed by atoms with Gasteiger partial charge in [-0.3, -0.25) is 10.00 Å². The van der Waals surface area contributed by atoms with Crippen molar-refractivity contribution in [1.82, 2.24) is 24.6 Å². The molecule has 1 saturated heterocycles. The van der Waals surface area contributed by atoms with E-state index in [-0.39, 0.29) is 0 Å². The molecular weight excluding hydrogens is 288 g/mol. The van der Waals surface area contributed by atoms with E-state index >= 15 is 0 Å².